The number of benzene rings is 2. The van der Waals surface area contributed by atoms with Crippen molar-refractivity contribution in [2.75, 3.05) is 0 Å². The molecule has 0 saturated carbocycles. The Morgan fingerprint density at radius 1 is 0.696 bits per heavy atom. The van der Waals surface area contributed by atoms with Crippen molar-refractivity contribution in [1.82, 2.24) is 4.98 Å². The lowest BCUT2D eigenvalue weighted by molar-refractivity contribution is 0.954. The molecule has 0 aliphatic heterocycles. The molecule has 3 rings (SSSR count). The molecular weight excluding hydrogens is 282 g/mol. The molecule has 0 bridgehead atoms. The van der Waals surface area contributed by atoms with Crippen LogP contribution in [-0.4, -0.2) is 4.98 Å². The third kappa shape index (κ3) is 2.85. The average Bonchev–Trinajstić information content (AvgIpc) is 2.62. The maximum absolute atomic E-state index is 13.3. The molecule has 1 heterocycles. The van der Waals surface area contributed by atoms with Crippen molar-refractivity contribution in [2.45, 2.75) is 26.7 Å². The van der Waals surface area contributed by atoms with Gasteiger partial charge in [-0.05, 0) is 24.0 Å². The number of pyridine rings is 1. The summed E-state index contributed by atoms with van der Waals surface area (Å²) in [7, 11) is 0. The van der Waals surface area contributed by atoms with Crippen molar-refractivity contribution in [2.24, 2.45) is 0 Å². The molecule has 0 aliphatic rings. The molecular formula is C21H21NO. The third-order valence-electron chi connectivity index (χ3n) is 4.19. The summed E-state index contributed by atoms with van der Waals surface area (Å²) in [6, 6.07) is 19.9. The van der Waals surface area contributed by atoms with Gasteiger partial charge in [-0.1, -0.05) is 74.5 Å². The van der Waals surface area contributed by atoms with Crippen LogP contribution in [-0.2, 0) is 12.8 Å². The minimum Gasteiger partial charge on any atom is -0.361 e. The van der Waals surface area contributed by atoms with Crippen LogP contribution < -0.4 is 5.43 Å². The predicted octanol–water partition coefficient (Wildman–Crippen LogP) is 4.83. The van der Waals surface area contributed by atoms with Crippen molar-refractivity contribution >= 4 is 0 Å². The smallest absolute Gasteiger partial charge is 0.197 e. The normalized spacial score (nSPS) is 10.7. The molecule has 0 fully saturated rings. The van der Waals surface area contributed by atoms with E-state index in [0.29, 0.717) is 0 Å². The van der Waals surface area contributed by atoms with Crippen LogP contribution in [0, 0.1) is 0 Å². The Bertz CT molecular complexity index is 780. The van der Waals surface area contributed by atoms with Gasteiger partial charge in [0.1, 0.15) is 0 Å². The lowest BCUT2D eigenvalue weighted by Gasteiger charge is -2.15. The minimum atomic E-state index is 0.120. The van der Waals surface area contributed by atoms with E-state index in [0.717, 1.165) is 46.5 Å². The lowest BCUT2D eigenvalue weighted by atomic mass is 9.94. The first-order valence-corrected chi connectivity index (χ1v) is 8.15. The van der Waals surface area contributed by atoms with Gasteiger partial charge in [0, 0.05) is 22.5 Å². The Balaban J connectivity index is 2.35. The van der Waals surface area contributed by atoms with Crippen molar-refractivity contribution < 1.29 is 0 Å². The summed E-state index contributed by atoms with van der Waals surface area (Å²) in [5.41, 5.74) is 5.69. The topological polar surface area (TPSA) is 32.9 Å². The summed E-state index contributed by atoms with van der Waals surface area (Å²) in [5, 5.41) is 0. The number of nitrogens with one attached hydrogen (secondary N) is 1. The number of aromatic amines is 1. The molecule has 0 aliphatic carbocycles. The van der Waals surface area contributed by atoms with Crippen molar-refractivity contribution in [3.8, 4) is 22.3 Å². The van der Waals surface area contributed by atoms with E-state index in [4.69, 9.17) is 0 Å². The maximum Gasteiger partial charge on any atom is 0.197 e. The first-order valence-electron chi connectivity index (χ1n) is 8.15. The molecule has 3 aromatic rings. The molecule has 0 atom stereocenters. The van der Waals surface area contributed by atoms with Crippen LogP contribution in [0.2, 0.25) is 0 Å². The van der Waals surface area contributed by atoms with Crippen molar-refractivity contribution in [1.29, 1.82) is 0 Å². The largest absolute Gasteiger partial charge is 0.361 e. The van der Waals surface area contributed by atoms with E-state index < -0.39 is 0 Å². The van der Waals surface area contributed by atoms with Gasteiger partial charge in [0.2, 0.25) is 0 Å². The van der Waals surface area contributed by atoms with Gasteiger partial charge in [0.05, 0.1) is 0 Å². The maximum atomic E-state index is 13.3. The van der Waals surface area contributed by atoms with Crippen LogP contribution in [0.3, 0.4) is 0 Å². The Morgan fingerprint density at radius 2 is 1.09 bits per heavy atom. The zero-order valence-electron chi connectivity index (χ0n) is 13.6. The summed E-state index contributed by atoms with van der Waals surface area (Å²) in [5.74, 6) is 0. The van der Waals surface area contributed by atoms with Gasteiger partial charge in [-0.15, -0.1) is 0 Å². The molecule has 1 N–H and O–H groups in total. The molecule has 0 unspecified atom stereocenters. The highest BCUT2D eigenvalue weighted by molar-refractivity contribution is 5.75. The zero-order chi connectivity index (χ0) is 16.2. The van der Waals surface area contributed by atoms with Gasteiger partial charge >= 0.3 is 0 Å². The van der Waals surface area contributed by atoms with Crippen LogP contribution in [0.1, 0.15) is 25.2 Å². The lowest BCUT2D eigenvalue weighted by Crippen LogP contribution is -2.16. The van der Waals surface area contributed by atoms with Crippen LogP contribution in [0.5, 0.6) is 0 Å². The fourth-order valence-corrected chi connectivity index (χ4v) is 3.06. The Hall–Kier alpha value is -2.61. The average molecular weight is 303 g/mol. The van der Waals surface area contributed by atoms with E-state index in [1.165, 1.54) is 0 Å². The number of hydrogen-bond donors (Lipinski definition) is 1. The monoisotopic (exact) mass is 303 g/mol. The molecule has 0 spiro atoms. The van der Waals surface area contributed by atoms with Crippen LogP contribution >= 0.6 is 0 Å². The van der Waals surface area contributed by atoms with Crippen molar-refractivity contribution in [3.63, 3.8) is 0 Å². The number of hydrogen-bond acceptors (Lipinski definition) is 1. The fraction of sp³-hybridized carbons (Fsp3) is 0.190. The SMILES string of the molecule is CCc1[nH]c(CC)c(-c2ccccc2)c(=O)c1-c1ccccc1. The highest BCUT2D eigenvalue weighted by atomic mass is 16.1. The van der Waals surface area contributed by atoms with E-state index in [1.54, 1.807) is 0 Å². The van der Waals surface area contributed by atoms with Crippen LogP contribution in [0.15, 0.2) is 65.5 Å². The second-order valence-electron chi connectivity index (χ2n) is 5.60. The van der Waals surface area contributed by atoms with Gasteiger partial charge in [-0.3, -0.25) is 4.79 Å². The second-order valence-corrected chi connectivity index (χ2v) is 5.60. The molecule has 2 heteroatoms. The zero-order valence-corrected chi connectivity index (χ0v) is 13.6. The van der Waals surface area contributed by atoms with E-state index >= 15 is 0 Å². The molecule has 0 saturated heterocycles. The number of H-pyrrole nitrogens is 1. The second kappa shape index (κ2) is 6.66. The van der Waals surface area contributed by atoms with E-state index in [9.17, 15) is 4.79 Å². The number of aromatic nitrogens is 1. The molecule has 0 radical (unpaired) electrons. The van der Waals surface area contributed by atoms with E-state index in [2.05, 4.69) is 18.8 Å². The summed E-state index contributed by atoms with van der Waals surface area (Å²) >= 11 is 0. The van der Waals surface area contributed by atoms with E-state index in [-0.39, 0.29) is 5.43 Å². The van der Waals surface area contributed by atoms with Crippen molar-refractivity contribution in [3.05, 3.63) is 82.3 Å². The Labute approximate surface area is 136 Å². The standard InChI is InChI=1S/C21H21NO/c1-3-17-19(15-11-7-5-8-12-15)21(23)20(18(4-2)22-17)16-13-9-6-10-14-16/h5-14H,3-4H2,1-2H3,(H,22,23). The highest BCUT2D eigenvalue weighted by Gasteiger charge is 2.17. The summed E-state index contributed by atoms with van der Waals surface area (Å²) in [6.45, 7) is 4.17. The number of rotatable bonds is 4. The van der Waals surface area contributed by atoms with Gasteiger partial charge in [0.15, 0.2) is 5.43 Å². The molecule has 2 nitrogen and oxygen atoms in total. The predicted molar refractivity (Wildman–Crippen MR) is 96.7 cm³/mol. The summed E-state index contributed by atoms with van der Waals surface area (Å²) in [4.78, 5) is 16.8. The highest BCUT2D eigenvalue weighted by Crippen LogP contribution is 2.26. The van der Waals surface area contributed by atoms with Gasteiger partial charge in [-0.2, -0.15) is 0 Å². The molecule has 116 valence electrons. The summed E-state index contributed by atoms with van der Waals surface area (Å²) in [6.07, 6.45) is 1.61. The summed E-state index contributed by atoms with van der Waals surface area (Å²) < 4.78 is 0. The molecule has 23 heavy (non-hydrogen) atoms. The molecule has 0 amide bonds. The fourth-order valence-electron chi connectivity index (χ4n) is 3.06. The Kier molecular flexibility index (Phi) is 4.42. The van der Waals surface area contributed by atoms with Gasteiger partial charge < -0.3 is 4.98 Å². The van der Waals surface area contributed by atoms with Crippen LogP contribution in [0.25, 0.3) is 22.3 Å². The van der Waals surface area contributed by atoms with Gasteiger partial charge in [-0.25, -0.2) is 0 Å². The molecule has 1 aromatic heterocycles. The third-order valence-corrected chi connectivity index (χ3v) is 4.19. The van der Waals surface area contributed by atoms with Crippen LogP contribution in [0.4, 0.5) is 0 Å². The molecule has 2 aromatic carbocycles. The first-order chi connectivity index (χ1) is 11.3. The quantitative estimate of drug-likeness (QED) is 0.735. The Morgan fingerprint density at radius 3 is 1.43 bits per heavy atom. The van der Waals surface area contributed by atoms with E-state index in [1.807, 2.05) is 60.7 Å². The minimum absolute atomic E-state index is 0.120. The number of aryl methyl sites for hydroxylation is 2. The first kappa shape index (κ1) is 15.3. The van der Waals surface area contributed by atoms with Gasteiger partial charge in [0.25, 0.3) is 0 Å².